The summed E-state index contributed by atoms with van der Waals surface area (Å²) in [5.41, 5.74) is 4.25. The first-order valence-electron chi connectivity index (χ1n) is 9.36. The van der Waals surface area contributed by atoms with Gasteiger partial charge in [-0.2, -0.15) is 5.10 Å². The minimum absolute atomic E-state index is 0.296. The molecule has 1 aromatic heterocycles. The Hall–Kier alpha value is -2.99. The fraction of sp³-hybridized carbons (Fsp3) is 0.273. The molecule has 3 aromatic rings. The van der Waals surface area contributed by atoms with E-state index in [0.29, 0.717) is 25.3 Å². The molecular formula is C22H22FN3O2. The van der Waals surface area contributed by atoms with Crippen LogP contribution in [0, 0.1) is 12.7 Å². The lowest BCUT2D eigenvalue weighted by atomic mass is 10.1. The predicted octanol–water partition coefficient (Wildman–Crippen LogP) is 3.42. The van der Waals surface area contributed by atoms with E-state index in [0.717, 1.165) is 23.2 Å². The van der Waals surface area contributed by atoms with Crippen LogP contribution in [0.1, 0.15) is 38.8 Å². The Balaban J connectivity index is 1.46. The summed E-state index contributed by atoms with van der Waals surface area (Å²) in [6.07, 6.45) is 2.55. The molecule has 4 rings (SSSR count). The third-order valence-corrected chi connectivity index (χ3v) is 4.95. The first-order chi connectivity index (χ1) is 13.6. The van der Waals surface area contributed by atoms with E-state index in [9.17, 15) is 9.18 Å². The number of aromatic nitrogens is 2. The lowest BCUT2D eigenvalue weighted by molar-refractivity contribution is 0.0383. The zero-order valence-electron chi connectivity index (χ0n) is 15.7. The molecule has 2 heterocycles. The van der Waals surface area contributed by atoms with E-state index < -0.39 is 5.82 Å². The zero-order valence-corrected chi connectivity index (χ0v) is 15.7. The third-order valence-electron chi connectivity index (χ3n) is 4.95. The molecule has 2 aromatic carbocycles. The van der Waals surface area contributed by atoms with Crippen molar-refractivity contribution in [1.29, 1.82) is 0 Å². The summed E-state index contributed by atoms with van der Waals surface area (Å²) >= 11 is 0. The highest BCUT2D eigenvalue weighted by Gasteiger charge is 2.25. The molecule has 1 N–H and O–H groups in total. The quantitative estimate of drug-likeness (QED) is 0.739. The topological polar surface area (TPSA) is 56.1 Å². The monoisotopic (exact) mass is 379 g/mol. The second-order valence-electron chi connectivity index (χ2n) is 7.00. The first-order valence-corrected chi connectivity index (χ1v) is 9.36. The van der Waals surface area contributed by atoms with Gasteiger partial charge in [0.1, 0.15) is 11.9 Å². The van der Waals surface area contributed by atoms with E-state index in [1.165, 1.54) is 17.7 Å². The Kier molecular flexibility index (Phi) is 5.21. The van der Waals surface area contributed by atoms with Gasteiger partial charge >= 0.3 is 0 Å². The van der Waals surface area contributed by atoms with E-state index in [2.05, 4.69) is 23.6 Å². The molecular weight excluding hydrogens is 357 g/mol. The molecule has 0 fully saturated rings. The van der Waals surface area contributed by atoms with Gasteiger partial charge in [-0.1, -0.05) is 36.4 Å². The maximum atomic E-state index is 13.5. The van der Waals surface area contributed by atoms with Crippen molar-refractivity contribution in [2.45, 2.75) is 26.0 Å². The van der Waals surface area contributed by atoms with Gasteiger partial charge in [0.25, 0.3) is 5.91 Å². The van der Waals surface area contributed by atoms with Crippen molar-refractivity contribution < 1.29 is 13.9 Å². The molecule has 0 bridgehead atoms. The van der Waals surface area contributed by atoms with Gasteiger partial charge in [-0.25, -0.2) is 4.39 Å². The third kappa shape index (κ3) is 3.97. The summed E-state index contributed by atoms with van der Waals surface area (Å²) in [6.45, 7) is 3.36. The number of nitrogens with one attached hydrogen (secondary N) is 1. The number of ether oxygens (including phenoxy) is 1. The number of halogens is 1. The summed E-state index contributed by atoms with van der Waals surface area (Å²) in [6, 6.07) is 14.3. The largest absolute Gasteiger partial charge is 0.370 e. The van der Waals surface area contributed by atoms with Gasteiger partial charge in [0.2, 0.25) is 0 Å². The average Bonchev–Trinajstić information content (AvgIpc) is 3.11. The Morgan fingerprint density at radius 1 is 1.29 bits per heavy atom. The summed E-state index contributed by atoms with van der Waals surface area (Å²) in [4.78, 5) is 12.5. The van der Waals surface area contributed by atoms with E-state index in [4.69, 9.17) is 9.84 Å². The molecule has 28 heavy (non-hydrogen) atoms. The summed E-state index contributed by atoms with van der Waals surface area (Å²) < 4.78 is 21.2. The summed E-state index contributed by atoms with van der Waals surface area (Å²) in [5, 5.41) is 7.55. The lowest BCUT2D eigenvalue weighted by Crippen LogP contribution is -2.32. The van der Waals surface area contributed by atoms with Crippen molar-refractivity contribution in [2.24, 2.45) is 0 Å². The van der Waals surface area contributed by atoms with Crippen molar-refractivity contribution in [3.63, 3.8) is 0 Å². The van der Waals surface area contributed by atoms with Gasteiger partial charge in [-0.05, 0) is 42.2 Å². The molecule has 0 spiro atoms. The molecule has 6 heteroatoms. The number of hydrogen-bond acceptors (Lipinski definition) is 3. The smallest absolute Gasteiger partial charge is 0.251 e. The van der Waals surface area contributed by atoms with Crippen LogP contribution in [0.25, 0.3) is 0 Å². The number of amides is 1. The van der Waals surface area contributed by atoms with Crippen LogP contribution < -0.4 is 5.32 Å². The van der Waals surface area contributed by atoms with Crippen LogP contribution in [0.2, 0.25) is 0 Å². The number of hydrogen-bond donors (Lipinski definition) is 1. The van der Waals surface area contributed by atoms with Gasteiger partial charge in [-0.3, -0.25) is 9.48 Å². The Morgan fingerprint density at radius 2 is 2.11 bits per heavy atom. The number of rotatable bonds is 5. The summed E-state index contributed by atoms with van der Waals surface area (Å²) in [7, 11) is 0. The van der Waals surface area contributed by atoms with Crippen molar-refractivity contribution >= 4 is 5.91 Å². The standard InChI is InChI=1S/C22H22FN3O2/c1-15-7-8-18(23)11-19(15)22(27)24-12-20-21-17(9-10-28-20)14-26(25-21)13-16-5-3-2-4-6-16/h2-8,11,14,20H,9-10,12-13H2,1H3,(H,24,27). The first kappa shape index (κ1) is 18.4. The highest BCUT2D eigenvalue weighted by Crippen LogP contribution is 2.25. The molecule has 1 aliphatic heterocycles. The molecule has 5 nitrogen and oxygen atoms in total. The van der Waals surface area contributed by atoms with Crippen molar-refractivity contribution in [2.75, 3.05) is 13.2 Å². The SMILES string of the molecule is Cc1ccc(F)cc1C(=O)NCC1OCCc2cn(Cc3ccccc3)nc21. The van der Waals surface area contributed by atoms with Crippen molar-refractivity contribution in [3.05, 3.63) is 88.5 Å². The normalized spacial score (nSPS) is 15.9. The van der Waals surface area contributed by atoms with Crippen LogP contribution in [0.5, 0.6) is 0 Å². The minimum atomic E-state index is -0.424. The molecule has 144 valence electrons. The Morgan fingerprint density at radius 3 is 2.93 bits per heavy atom. The van der Waals surface area contributed by atoms with E-state index in [-0.39, 0.29) is 12.0 Å². The average molecular weight is 379 g/mol. The Bertz CT molecular complexity index is 985. The van der Waals surface area contributed by atoms with E-state index in [1.807, 2.05) is 22.9 Å². The number of nitrogens with zero attached hydrogens (tertiary/aromatic N) is 2. The van der Waals surface area contributed by atoms with Crippen LogP contribution >= 0.6 is 0 Å². The van der Waals surface area contributed by atoms with Crippen molar-refractivity contribution in [3.8, 4) is 0 Å². The van der Waals surface area contributed by atoms with E-state index >= 15 is 0 Å². The molecule has 0 aliphatic carbocycles. The van der Waals surface area contributed by atoms with Gasteiger partial charge in [-0.15, -0.1) is 0 Å². The summed E-state index contributed by atoms with van der Waals surface area (Å²) in [5.74, 6) is -0.733. The number of benzene rings is 2. The number of carbonyl (C=O) groups excluding carboxylic acids is 1. The Labute approximate surface area is 163 Å². The molecule has 0 radical (unpaired) electrons. The van der Waals surface area contributed by atoms with Gasteiger partial charge in [0, 0.05) is 18.3 Å². The molecule has 1 amide bonds. The van der Waals surface area contributed by atoms with Crippen LogP contribution in [-0.2, 0) is 17.7 Å². The second-order valence-corrected chi connectivity index (χ2v) is 7.00. The van der Waals surface area contributed by atoms with Gasteiger partial charge in [0.15, 0.2) is 0 Å². The zero-order chi connectivity index (χ0) is 19.5. The van der Waals surface area contributed by atoms with E-state index in [1.54, 1.807) is 13.0 Å². The van der Waals surface area contributed by atoms with Crippen LogP contribution in [-0.4, -0.2) is 28.8 Å². The fourth-order valence-corrected chi connectivity index (χ4v) is 3.46. The molecule has 0 saturated heterocycles. The van der Waals surface area contributed by atoms with Crippen molar-refractivity contribution in [1.82, 2.24) is 15.1 Å². The predicted molar refractivity (Wildman–Crippen MR) is 104 cm³/mol. The number of carbonyl (C=O) groups is 1. The number of aryl methyl sites for hydroxylation is 1. The molecule has 0 saturated carbocycles. The van der Waals surface area contributed by atoms with Crippen LogP contribution in [0.4, 0.5) is 4.39 Å². The highest BCUT2D eigenvalue weighted by atomic mass is 19.1. The minimum Gasteiger partial charge on any atom is -0.370 e. The maximum absolute atomic E-state index is 13.5. The van der Waals surface area contributed by atoms with Crippen LogP contribution in [0.15, 0.2) is 54.7 Å². The van der Waals surface area contributed by atoms with Crippen LogP contribution in [0.3, 0.4) is 0 Å². The molecule has 1 atom stereocenters. The second kappa shape index (κ2) is 7.94. The molecule has 1 aliphatic rings. The van der Waals surface area contributed by atoms with Gasteiger partial charge < -0.3 is 10.1 Å². The highest BCUT2D eigenvalue weighted by molar-refractivity contribution is 5.95. The maximum Gasteiger partial charge on any atom is 0.251 e. The number of fused-ring (bicyclic) bond motifs is 1. The lowest BCUT2D eigenvalue weighted by Gasteiger charge is -2.22. The fourth-order valence-electron chi connectivity index (χ4n) is 3.46. The van der Waals surface area contributed by atoms with Gasteiger partial charge in [0.05, 0.1) is 18.8 Å². The molecule has 1 unspecified atom stereocenters.